The van der Waals surface area contributed by atoms with Gasteiger partial charge < -0.3 is 19.4 Å². The molecule has 0 radical (unpaired) electrons. The van der Waals surface area contributed by atoms with Crippen molar-refractivity contribution in [3.8, 4) is 11.5 Å². The molecule has 0 bridgehead atoms. The molecule has 0 fully saturated rings. The molecule has 0 amide bonds. The SMILES string of the molecule is O=C(O)C1CC(c2cc(Br)c3c(c2)OCCO3)=NO1. The van der Waals surface area contributed by atoms with Crippen molar-refractivity contribution in [2.24, 2.45) is 5.16 Å². The summed E-state index contributed by atoms with van der Waals surface area (Å²) in [4.78, 5) is 15.7. The number of hydrogen-bond acceptors (Lipinski definition) is 5. The standard InChI is InChI=1S/C12H10BrNO5/c13-7-3-6(4-9-11(7)18-2-1-17-9)8-5-10(12(15)16)19-14-8/h3-4,10H,1-2,5H2,(H,15,16). The van der Waals surface area contributed by atoms with E-state index in [0.29, 0.717) is 30.4 Å². The number of carbonyl (C=O) groups is 1. The molecule has 100 valence electrons. The zero-order valence-corrected chi connectivity index (χ0v) is 11.3. The molecule has 0 spiro atoms. The molecule has 2 aliphatic heterocycles. The minimum atomic E-state index is -1.02. The lowest BCUT2D eigenvalue weighted by atomic mass is 10.0. The van der Waals surface area contributed by atoms with E-state index < -0.39 is 12.1 Å². The fourth-order valence-corrected chi connectivity index (χ4v) is 2.51. The number of carboxylic acid groups (broad SMARTS) is 1. The summed E-state index contributed by atoms with van der Waals surface area (Å²) >= 11 is 3.41. The van der Waals surface area contributed by atoms with Gasteiger partial charge in [-0.05, 0) is 28.1 Å². The molecule has 0 saturated carbocycles. The average molecular weight is 328 g/mol. The van der Waals surface area contributed by atoms with Gasteiger partial charge in [-0.25, -0.2) is 4.79 Å². The summed E-state index contributed by atoms with van der Waals surface area (Å²) < 4.78 is 11.8. The van der Waals surface area contributed by atoms with Gasteiger partial charge in [0.15, 0.2) is 11.5 Å². The van der Waals surface area contributed by atoms with Crippen molar-refractivity contribution >= 4 is 27.6 Å². The molecule has 1 aromatic rings. The van der Waals surface area contributed by atoms with Crippen LogP contribution in [0, 0.1) is 0 Å². The molecule has 2 aliphatic rings. The third-order valence-electron chi connectivity index (χ3n) is 2.87. The molecule has 1 aromatic carbocycles. The zero-order chi connectivity index (χ0) is 13.4. The van der Waals surface area contributed by atoms with E-state index in [0.717, 1.165) is 10.0 Å². The van der Waals surface area contributed by atoms with Crippen LogP contribution in [0.4, 0.5) is 0 Å². The largest absolute Gasteiger partial charge is 0.486 e. The molecule has 0 aromatic heterocycles. The zero-order valence-electron chi connectivity index (χ0n) is 9.76. The highest BCUT2D eigenvalue weighted by Gasteiger charge is 2.29. The Bertz CT molecular complexity index is 571. The van der Waals surface area contributed by atoms with E-state index in [2.05, 4.69) is 21.1 Å². The number of aliphatic carboxylic acids is 1. The lowest BCUT2D eigenvalue weighted by molar-refractivity contribution is -0.148. The number of oxime groups is 1. The van der Waals surface area contributed by atoms with Crippen molar-refractivity contribution in [1.29, 1.82) is 0 Å². The van der Waals surface area contributed by atoms with Gasteiger partial charge in [-0.15, -0.1) is 0 Å². The van der Waals surface area contributed by atoms with Gasteiger partial charge in [0.05, 0.1) is 10.2 Å². The number of ether oxygens (including phenoxy) is 2. The van der Waals surface area contributed by atoms with Gasteiger partial charge in [-0.1, -0.05) is 5.16 Å². The molecular formula is C12H10BrNO5. The molecular weight excluding hydrogens is 318 g/mol. The smallest absolute Gasteiger partial charge is 0.348 e. The van der Waals surface area contributed by atoms with E-state index in [1.807, 2.05) is 6.07 Å². The minimum absolute atomic E-state index is 0.238. The van der Waals surface area contributed by atoms with E-state index in [4.69, 9.17) is 19.4 Å². The normalized spacial score (nSPS) is 20.7. The highest BCUT2D eigenvalue weighted by Crippen LogP contribution is 2.39. The van der Waals surface area contributed by atoms with Crippen LogP contribution in [-0.2, 0) is 9.63 Å². The van der Waals surface area contributed by atoms with Crippen LogP contribution in [0.5, 0.6) is 11.5 Å². The monoisotopic (exact) mass is 327 g/mol. The molecule has 1 N–H and O–H groups in total. The molecule has 1 unspecified atom stereocenters. The Morgan fingerprint density at radius 2 is 2.16 bits per heavy atom. The first-order valence-corrected chi connectivity index (χ1v) is 6.49. The van der Waals surface area contributed by atoms with Gasteiger partial charge in [0.1, 0.15) is 13.2 Å². The predicted molar refractivity (Wildman–Crippen MR) is 68.8 cm³/mol. The maximum absolute atomic E-state index is 10.8. The van der Waals surface area contributed by atoms with Crippen molar-refractivity contribution in [3.63, 3.8) is 0 Å². The second-order valence-electron chi connectivity index (χ2n) is 4.16. The topological polar surface area (TPSA) is 77.4 Å². The summed E-state index contributed by atoms with van der Waals surface area (Å²) in [6, 6.07) is 3.60. The maximum atomic E-state index is 10.8. The van der Waals surface area contributed by atoms with Crippen LogP contribution in [-0.4, -0.2) is 36.1 Å². The fraction of sp³-hybridized carbons (Fsp3) is 0.333. The second kappa shape index (κ2) is 4.73. The van der Waals surface area contributed by atoms with Gasteiger partial charge in [-0.2, -0.15) is 0 Å². The molecule has 7 heteroatoms. The number of halogens is 1. The Hall–Kier alpha value is -1.76. The summed E-state index contributed by atoms with van der Waals surface area (Å²) in [5.74, 6) is 0.261. The van der Waals surface area contributed by atoms with Gasteiger partial charge >= 0.3 is 5.97 Å². The van der Waals surface area contributed by atoms with Crippen LogP contribution in [0.25, 0.3) is 0 Å². The van der Waals surface area contributed by atoms with E-state index in [1.165, 1.54) is 0 Å². The summed E-state index contributed by atoms with van der Waals surface area (Å²) in [7, 11) is 0. The van der Waals surface area contributed by atoms with Crippen molar-refractivity contribution < 1.29 is 24.2 Å². The number of fused-ring (bicyclic) bond motifs is 1. The first kappa shape index (κ1) is 12.3. The molecule has 1 atom stereocenters. The number of hydrogen-bond donors (Lipinski definition) is 1. The number of carboxylic acids is 1. The maximum Gasteiger partial charge on any atom is 0.348 e. The molecule has 0 aliphatic carbocycles. The first-order chi connectivity index (χ1) is 9.15. The van der Waals surface area contributed by atoms with E-state index in [9.17, 15) is 4.79 Å². The third kappa shape index (κ3) is 2.25. The molecule has 19 heavy (non-hydrogen) atoms. The van der Waals surface area contributed by atoms with Crippen LogP contribution in [0.3, 0.4) is 0 Å². The fourth-order valence-electron chi connectivity index (χ4n) is 1.96. The quantitative estimate of drug-likeness (QED) is 0.896. The van der Waals surface area contributed by atoms with Gasteiger partial charge in [0.2, 0.25) is 6.10 Å². The summed E-state index contributed by atoms with van der Waals surface area (Å²) in [6.45, 7) is 1.000. The number of rotatable bonds is 2. The number of benzene rings is 1. The Morgan fingerprint density at radius 3 is 2.89 bits per heavy atom. The van der Waals surface area contributed by atoms with E-state index >= 15 is 0 Å². The molecule has 3 rings (SSSR count). The van der Waals surface area contributed by atoms with Crippen LogP contribution in [0.15, 0.2) is 21.8 Å². The molecule has 0 saturated heterocycles. The lowest BCUT2D eigenvalue weighted by Crippen LogP contribution is -2.20. The van der Waals surface area contributed by atoms with Crippen LogP contribution >= 0.6 is 15.9 Å². The number of nitrogens with zero attached hydrogens (tertiary/aromatic N) is 1. The Morgan fingerprint density at radius 1 is 1.37 bits per heavy atom. The Balaban J connectivity index is 1.90. The third-order valence-corrected chi connectivity index (χ3v) is 3.46. The summed E-state index contributed by atoms with van der Waals surface area (Å²) in [5, 5.41) is 12.7. The van der Waals surface area contributed by atoms with Crippen molar-refractivity contribution in [3.05, 3.63) is 22.2 Å². The van der Waals surface area contributed by atoms with Gasteiger partial charge in [0.25, 0.3) is 0 Å². The highest BCUT2D eigenvalue weighted by molar-refractivity contribution is 9.10. The van der Waals surface area contributed by atoms with Crippen LogP contribution < -0.4 is 9.47 Å². The lowest BCUT2D eigenvalue weighted by Gasteiger charge is -2.20. The highest BCUT2D eigenvalue weighted by atomic mass is 79.9. The van der Waals surface area contributed by atoms with Crippen molar-refractivity contribution in [1.82, 2.24) is 0 Å². The van der Waals surface area contributed by atoms with Crippen LogP contribution in [0.2, 0.25) is 0 Å². The van der Waals surface area contributed by atoms with E-state index in [1.54, 1.807) is 6.07 Å². The second-order valence-corrected chi connectivity index (χ2v) is 5.01. The van der Waals surface area contributed by atoms with Crippen LogP contribution in [0.1, 0.15) is 12.0 Å². The van der Waals surface area contributed by atoms with Gasteiger partial charge in [0, 0.05) is 12.0 Å². The summed E-state index contributed by atoms with van der Waals surface area (Å²) in [5.41, 5.74) is 1.35. The predicted octanol–water partition coefficient (Wildman–Crippen LogP) is 1.80. The Labute approximate surface area is 117 Å². The van der Waals surface area contributed by atoms with Crippen molar-refractivity contribution in [2.75, 3.05) is 13.2 Å². The Kier molecular flexibility index (Phi) is 3.06. The van der Waals surface area contributed by atoms with Gasteiger partial charge in [-0.3, -0.25) is 0 Å². The van der Waals surface area contributed by atoms with Crippen molar-refractivity contribution in [2.45, 2.75) is 12.5 Å². The van der Waals surface area contributed by atoms with E-state index in [-0.39, 0.29) is 6.42 Å². The summed E-state index contributed by atoms with van der Waals surface area (Å²) in [6.07, 6.45) is -0.677. The average Bonchev–Trinajstić information content (AvgIpc) is 2.88. The minimum Gasteiger partial charge on any atom is -0.486 e. The first-order valence-electron chi connectivity index (χ1n) is 5.70. The molecule has 2 heterocycles. The molecule has 6 nitrogen and oxygen atoms in total.